The number of benzene rings is 2. The fraction of sp³-hybridized carbons (Fsp3) is 0.176. The maximum Gasteiger partial charge on any atom is 0.316 e. The Morgan fingerprint density at radius 1 is 1.10 bits per heavy atom. The second-order valence-electron chi connectivity index (χ2n) is 5.81. The number of rotatable bonds is 8. The Hall–Kier alpha value is -2.86. The molecule has 0 aliphatic carbocycles. The van der Waals surface area contributed by atoms with E-state index in [0.717, 1.165) is 0 Å². The Balaban J connectivity index is 2.37. The number of amides is 3. The van der Waals surface area contributed by atoms with E-state index in [1.807, 2.05) is 0 Å². The lowest BCUT2D eigenvalue weighted by molar-refractivity contribution is 0.102. The van der Waals surface area contributed by atoms with E-state index in [1.54, 1.807) is 0 Å². The second-order valence-corrected chi connectivity index (χ2v) is 7.78. The topological polar surface area (TPSA) is 166 Å². The van der Waals surface area contributed by atoms with E-state index < -0.39 is 22.0 Å². The van der Waals surface area contributed by atoms with Crippen LogP contribution >= 0.6 is 11.6 Å². The number of primary sulfonamides is 1. The summed E-state index contributed by atoms with van der Waals surface area (Å²) in [5.41, 5.74) is 6.01. The van der Waals surface area contributed by atoms with Gasteiger partial charge in [-0.3, -0.25) is 4.79 Å². The van der Waals surface area contributed by atoms with Gasteiger partial charge in [0.05, 0.1) is 33.5 Å². The summed E-state index contributed by atoms with van der Waals surface area (Å²) in [6.07, 6.45) is 0. The molecule has 0 aromatic heterocycles. The van der Waals surface area contributed by atoms with Crippen LogP contribution in [0.15, 0.2) is 41.3 Å². The molecule has 29 heavy (non-hydrogen) atoms. The highest BCUT2D eigenvalue weighted by Crippen LogP contribution is 2.27. The van der Waals surface area contributed by atoms with Gasteiger partial charge >= 0.3 is 6.03 Å². The molecule has 7 N–H and O–H groups in total. The van der Waals surface area contributed by atoms with Crippen LogP contribution in [0, 0.1) is 0 Å². The van der Waals surface area contributed by atoms with E-state index >= 15 is 0 Å². The lowest BCUT2D eigenvalue weighted by Gasteiger charge is -2.15. The minimum absolute atomic E-state index is 0.0433. The van der Waals surface area contributed by atoms with Crippen molar-refractivity contribution in [3.8, 4) is 0 Å². The second kappa shape index (κ2) is 9.56. The van der Waals surface area contributed by atoms with Crippen molar-refractivity contribution in [1.29, 1.82) is 0 Å². The zero-order valence-electron chi connectivity index (χ0n) is 15.4. The van der Waals surface area contributed by atoms with Gasteiger partial charge in [0.25, 0.3) is 5.91 Å². The quantitative estimate of drug-likeness (QED) is 0.391. The number of hydrogen-bond donors (Lipinski definition) is 5. The van der Waals surface area contributed by atoms with Gasteiger partial charge in [-0.25, -0.2) is 18.4 Å². The highest BCUT2D eigenvalue weighted by molar-refractivity contribution is 7.89. The van der Waals surface area contributed by atoms with Crippen molar-refractivity contribution in [1.82, 2.24) is 0 Å². The number of ether oxygens (including phenoxy) is 1. The first-order valence-electron chi connectivity index (χ1n) is 8.19. The third-order valence-electron chi connectivity index (χ3n) is 3.67. The number of hydrogen-bond acceptors (Lipinski definition) is 6. The monoisotopic (exact) mass is 441 g/mol. The van der Waals surface area contributed by atoms with E-state index in [4.69, 9.17) is 27.2 Å². The molecule has 2 rings (SSSR count). The summed E-state index contributed by atoms with van der Waals surface area (Å²) in [6.45, 7) is 0.795. The summed E-state index contributed by atoms with van der Waals surface area (Å²) in [5, 5.41) is 13.3. The fourth-order valence-corrected chi connectivity index (χ4v) is 3.10. The van der Waals surface area contributed by atoms with Crippen molar-refractivity contribution in [3.63, 3.8) is 0 Å². The molecule has 156 valence electrons. The molecule has 0 atom stereocenters. The van der Waals surface area contributed by atoms with Crippen LogP contribution in [-0.2, 0) is 14.8 Å². The van der Waals surface area contributed by atoms with Gasteiger partial charge in [-0.05, 0) is 36.4 Å². The molecule has 0 saturated carbocycles. The third kappa shape index (κ3) is 6.32. The fourth-order valence-electron chi connectivity index (χ4n) is 2.35. The number of sulfonamides is 1. The summed E-state index contributed by atoms with van der Waals surface area (Å²) < 4.78 is 28.3. The minimum Gasteiger partial charge on any atom is -0.383 e. The smallest absolute Gasteiger partial charge is 0.316 e. The number of anilines is 3. The number of carbonyl (C=O) groups is 2. The lowest BCUT2D eigenvalue weighted by atomic mass is 10.1. The van der Waals surface area contributed by atoms with Crippen molar-refractivity contribution in [2.24, 2.45) is 10.9 Å². The van der Waals surface area contributed by atoms with Crippen LogP contribution in [-0.4, -0.2) is 40.6 Å². The maximum absolute atomic E-state index is 12.7. The molecule has 12 heteroatoms. The van der Waals surface area contributed by atoms with Crippen LogP contribution in [0.3, 0.4) is 0 Å². The highest BCUT2D eigenvalue weighted by atomic mass is 35.5. The zero-order valence-corrected chi connectivity index (χ0v) is 16.9. The molecule has 3 amide bonds. The summed E-state index contributed by atoms with van der Waals surface area (Å²) in [6, 6.07) is 7.43. The molecule has 10 nitrogen and oxygen atoms in total. The van der Waals surface area contributed by atoms with Gasteiger partial charge in [0.2, 0.25) is 10.0 Å². The first kappa shape index (κ1) is 22.4. The molecular formula is C17H20ClN5O5S. The molecule has 0 heterocycles. The summed E-state index contributed by atoms with van der Waals surface area (Å²) in [7, 11) is -2.46. The van der Waals surface area contributed by atoms with Crippen LogP contribution < -0.4 is 26.8 Å². The number of nitrogens with two attached hydrogens (primary N) is 2. The number of nitrogens with one attached hydrogen (secondary N) is 3. The summed E-state index contributed by atoms with van der Waals surface area (Å²) >= 11 is 6.09. The Bertz CT molecular complexity index is 1030. The molecule has 0 fully saturated rings. The molecule has 0 bridgehead atoms. The third-order valence-corrected chi connectivity index (χ3v) is 4.91. The number of halogens is 1. The highest BCUT2D eigenvalue weighted by Gasteiger charge is 2.17. The number of urea groups is 1. The molecule has 0 unspecified atom stereocenters. The van der Waals surface area contributed by atoms with Gasteiger partial charge < -0.3 is 26.4 Å². The van der Waals surface area contributed by atoms with E-state index in [0.29, 0.717) is 18.8 Å². The van der Waals surface area contributed by atoms with Crippen molar-refractivity contribution >= 4 is 50.6 Å². The van der Waals surface area contributed by atoms with Crippen LogP contribution in [0.4, 0.5) is 21.9 Å². The number of primary amides is 1. The van der Waals surface area contributed by atoms with Gasteiger partial charge in [0.15, 0.2) is 0 Å². The SMILES string of the molecule is COCCNc1ccc(S(N)(=O)=O)cc1NC(=O)c1cc(NC(N)=O)ccc1Cl. The van der Waals surface area contributed by atoms with Crippen molar-refractivity contribution < 1.29 is 22.7 Å². The van der Waals surface area contributed by atoms with E-state index in [1.165, 1.54) is 43.5 Å². The Kier molecular flexibility index (Phi) is 7.40. The first-order chi connectivity index (χ1) is 13.6. The maximum atomic E-state index is 12.7. The van der Waals surface area contributed by atoms with Crippen LogP contribution in [0.5, 0.6) is 0 Å². The van der Waals surface area contributed by atoms with Gasteiger partial charge in [-0.2, -0.15) is 0 Å². The average Bonchev–Trinajstić information content (AvgIpc) is 2.63. The van der Waals surface area contributed by atoms with Gasteiger partial charge in [0.1, 0.15) is 0 Å². The first-order valence-corrected chi connectivity index (χ1v) is 10.1. The molecule has 0 spiro atoms. The Labute approximate surface area is 172 Å². The van der Waals surface area contributed by atoms with Gasteiger partial charge in [-0.1, -0.05) is 11.6 Å². The Morgan fingerprint density at radius 3 is 2.45 bits per heavy atom. The van der Waals surface area contributed by atoms with Crippen molar-refractivity contribution in [2.45, 2.75) is 4.90 Å². The van der Waals surface area contributed by atoms with Crippen LogP contribution in [0.2, 0.25) is 5.02 Å². The van der Waals surface area contributed by atoms with E-state index in [9.17, 15) is 18.0 Å². The molecule has 2 aromatic rings. The predicted molar refractivity (Wildman–Crippen MR) is 111 cm³/mol. The number of methoxy groups -OCH3 is 1. The largest absolute Gasteiger partial charge is 0.383 e. The molecular weight excluding hydrogens is 422 g/mol. The number of carbonyl (C=O) groups excluding carboxylic acids is 2. The van der Waals surface area contributed by atoms with Crippen LogP contribution in [0.1, 0.15) is 10.4 Å². The van der Waals surface area contributed by atoms with Gasteiger partial charge in [-0.15, -0.1) is 0 Å². The summed E-state index contributed by atoms with van der Waals surface area (Å²) in [4.78, 5) is 23.6. The lowest BCUT2D eigenvalue weighted by Crippen LogP contribution is -2.20. The normalized spacial score (nSPS) is 11.0. The Morgan fingerprint density at radius 2 is 1.83 bits per heavy atom. The average molecular weight is 442 g/mol. The van der Waals surface area contributed by atoms with Crippen LogP contribution in [0.25, 0.3) is 0 Å². The molecule has 2 aromatic carbocycles. The van der Waals surface area contributed by atoms with Crippen molar-refractivity contribution in [3.05, 3.63) is 47.0 Å². The minimum atomic E-state index is -3.99. The van der Waals surface area contributed by atoms with E-state index in [2.05, 4.69) is 16.0 Å². The van der Waals surface area contributed by atoms with E-state index in [-0.39, 0.29) is 26.9 Å². The molecule has 0 aliphatic heterocycles. The zero-order chi connectivity index (χ0) is 21.6. The molecule has 0 saturated heterocycles. The van der Waals surface area contributed by atoms with Gasteiger partial charge in [0, 0.05) is 19.3 Å². The molecule has 0 radical (unpaired) electrons. The molecule has 0 aliphatic rings. The standard InChI is InChI=1S/C17H20ClN5O5S/c1-28-7-6-21-14-5-3-11(29(20,26)27)9-15(14)23-16(24)12-8-10(22-17(19)25)2-4-13(12)18/h2-5,8-9,21H,6-7H2,1H3,(H,23,24)(H3,19,22,25)(H2,20,26,27). The predicted octanol–water partition coefficient (Wildman–Crippen LogP) is 1.79. The summed E-state index contributed by atoms with van der Waals surface area (Å²) in [5.74, 6) is -0.635. The van der Waals surface area contributed by atoms with Crippen molar-refractivity contribution in [2.75, 3.05) is 36.2 Å².